The molecule has 9 heteroatoms. The summed E-state index contributed by atoms with van der Waals surface area (Å²) < 4.78 is 50.1. The van der Waals surface area contributed by atoms with E-state index in [0.717, 1.165) is 7.11 Å². The lowest BCUT2D eigenvalue weighted by Gasteiger charge is -2.08. The molecule has 2 N–H and O–H groups in total. The lowest BCUT2D eigenvalue weighted by atomic mass is 10.1. The van der Waals surface area contributed by atoms with Gasteiger partial charge >= 0.3 is 0 Å². The minimum atomic E-state index is -1.52. The molecule has 1 aromatic rings. The van der Waals surface area contributed by atoms with Crippen molar-refractivity contribution in [1.29, 1.82) is 0 Å². The summed E-state index contributed by atoms with van der Waals surface area (Å²) in [5.74, 6) is -6.25. The second-order valence-corrected chi connectivity index (χ2v) is 3.80. The van der Waals surface area contributed by atoms with Gasteiger partial charge in [-0.25, -0.2) is 19.3 Å². The SMILES string of the molecule is COc1c(F)cc(C2=N[C@@H](C(=O)NO)CO2)c(F)c1F. The Labute approximate surface area is 110 Å². The minimum Gasteiger partial charge on any atom is -0.491 e. The van der Waals surface area contributed by atoms with Crippen molar-refractivity contribution in [3.05, 3.63) is 29.1 Å². The van der Waals surface area contributed by atoms with E-state index in [2.05, 4.69) is 9.73 Å². The Morgan fingerprint density at radius 1 is 1.50 bits per heavy atom. The first-order chi connectivity index (χ1) is 9.49. The van der Waals surface area contributed by atoms with Gasteiger partial charge in [0.1, 0.15) is 6.61 Å². The van der Waals surface area contributed by atoms with E-state index < -0.39 is 46.6 Å². The summed E-state index contributed by atoms with van der Waals surface area (Å²) >= 11 is 0. The molecule has 2 rings (SSSR count). The van der Waals surface area contributed by atoms with Gasteiger partial charge in [0.2, 0.25) is 11.7 Å². The largest absolute Gasteiger partial charge is 0.491 e. The normalized spacial score (nSPS) is 17.4. The zero-order chi connectivity index (χ0) is 14.9. The number of carbonyl (C=O) groups excluding carboxylic acids is 1. The number of ether oxygens (including phenoxy) is 2. The number of amides is 1. The van der Waals surface area contributed by atoms with Crippen molar-refractivity contribution in [3.8, 4) is 5.75 Å². The van der Waals surface area contributed by atoms with Crippen LogP contribution >= 0.6 is 0 Å². The maximum Gasteiger partial charge on any atom is 0.271 e. The molecule has 1 atom stereocenters. The van der Waals surface area contributed by atoms with E-state index in [1.54, 1.807) is 0 Å². The van der Waals surface area contributed by atoms with Gasteiger partial charge in [-0.2, -0.15) is 4.39 Å². The fraction of sp³-hybridized carbons (Fsp3) is 0.273. The second kappa shape index (κ2) is 5.37. The van der Waals surface area contributed by atoms with Gasteiger partial charge in [0.15, 0.2) is 23.4 Å². The maximum absolute atomic E-state index is 13.8. The number of carbonyl (C=O) groups is 1. The Kier molecular flexibility index (Phi) is 3.79. The molecule has 1 amide bonds. The molecule has 1 aromatic carbocycles. The highest BCUT2D eigenvalue weighted by Crippen LogP contribution is 2.28. The van der Waals surface area contributed by atoms with E-state index >= 15 is 0 Å². The number of nitrogens with one attached hydrogen (secondary N) is 1. The van der Waals surface area contributed by atoms with Gasteiger partial charge in [-0.05, 0) is 6.07 Å². The number of halogens is 3. The monoisotopic (exact) mass is 290 g/mol. The number of hydroxylamine groups is 1. The van der Waals surface area contributed by atoms with Crippen LogP contribution in [0.15, 0.2) is 11.1 Å². The summed E-state index contributed by atoms with van der Waals surface area (Å²) in [5.41, 5.74) is 0.772. The minimum absolute atomic E-state index is 0.281. The first kappa shape index (κ1) is 14.1. The third-order valence-electron chi connectivity index (χ3n) is 2.61. The zero-order valence-electron chi connectivity index (χ0n) is 10.1. The van der Waals surface area contributed by atoms with Crippen LogP contribution in [0.25, 0.3) is 0 Å². The molecule has 0 radical (unpaired) electrons. The molecule has 0 fully saturated rings. The third kappa shape index (κ3) is 2.27. The molecule has 0 saturated heterocycles. The highest BCUT2D eigenvalue weighted by atomic mass is 19.2. The van der Waals surface area contributed by atoms with E-state index in [0.29, 0.717) is 6.07 Å². The van der Waals surface area contributed by atoms with Gasteiger partial charge in [0, 0.05) is 0 Å². The van der Waals surface area contributed by atoms with E-state index in [1.807, 2.05) is 0 Å². The maximum atomic E-state index is 13.8. The standard InChI is InChI=1S/C11H9F3N2O4/c1-19-9-5(12)2-4(7(13)8(9)14)11-15-6(3-20-11)10(17)16-18/h2,6,18H,3H2,1H3,(H,16,17)/t6-/m1/s1. The van der Waals surface area contributed by atoms with Crippen LogP contribution in [0.5, 0.6) is 5.75 Å². The second-order valence-electron chi connectivity index (χ2n) is 3.80. The van der Waals surface area contributed by atoms with Gasteiger partial charge in [-0.15, -0.1) is 0 Å². The molecule has 1 heterocycles. The van der Waals surface area contributed by atoms with Gasteiger partial charge in [-0.1, -0.05) is 0 Å². The highest BCUT2D eigenvalue weighted by molar-refractivity contribution is 5.98. The van der Waals surface area contributed by atoms with Crippen LogP contribution in [0.4, 0.5) is 13.2 Å². The number of nitrogens with zero attached hydrogens (tertiary/aromatic N) is 1. The van der Waals surface area contributed by atoms with Gasteiger partial charge in [-0.3, -0.25) is 10.0 Å². The average molecular weight is 290 g/mol. The molecular formula is C11H9F3N2O4. The van der Waals surface area contributed by atoms with Crippen molar-refractivity contribution in [2.45, 2.75) is 6.04 Å². The summed E-state index contributed by atoms with van der Waals surface area (Å²) in [5, 5.41) is 8.43. The van der Waals surface area contributed by atoms with E-state index in [4.69, 9.17) is 9.94 Å². The van der Waals surface area contributed by atoms with Crippen LogP contribution in [-0.2, 0) is 9.53 Å². The lowest BCUT2D eigenvalue weighted by molar-refractivity contribution is -0.130. The van der Waals surface area contributed by atoms with Crippen LogP contribution < -0.4 is 10.2 Å². The molecule has 0 aromatic heterocycles. The average Bonchev–Trinajstić information content (AvgIpc) is 2.92. The Morgan fingerprint density at radius 2 is 2.20 bits per heavy atom. The molecule has 0 aliphatic carbocycles. The van der Waals surface area contributed by atoms with Gasteiger partial charge in [0.25, 0.3) is 5.91 Å². The summed E-state index contributed by atoms with van der Waals surface area (Å²) in [4.78, 5) is 14.7. The molecule has 0 unspecified atom stereocenters. The zero-order valence-corrected chi connectivity index (χ0v) is 10.1. The van der Waals surface area contributed by atoms with Crippen molar-refractivity contribution in [2.24, 2.45) is 4.99 Å². The summed E-state index contributed by atoms with van der Waals surface area (Å²) in [6.07, 6.45) is 0. The predicted octanol–water partition coefficient (Wildman–Crippen LogP) is 0.763. The predicted molar refractivity (Wildman–Crippen MR) is 59.1 cm³/mol. The number of hydrogen-bond acceptors (Lipinski definition) is 5. The smallest absolute Gasteiger partial charge is 0.271 e. The molecule has 108 valence electrons. The topological polar surface area (TPSA) is 80.2 Å². The highest BCUT2D eigenvalue weighted by Gasteiger charge is 2.30. The van der Waals surface area contributed by atoms with Crippen molar-refractivity contribution < 1.29 is 32.6 Å². The number of rotatable bonds is 3. The first-order valence-corrected chi connectivity index (χ1v) is 5.36. The molecule has 0 bridgehead atoms. The van der Waals surface area contributed by atoms with Crippen LogP contribution in [-0.4, -0.2) is 36.8 Å². The quantitative estimate of drug-likeness (QED) is 0.489. The molecular weight excluding hydrogens is 281 g/mol. The molecule has 0 spiro atoms. The van der Waals surface area contributed by atoms with Crippen LogP contribution in [0.3, 0.4) is 0 Å². The summed E-state index contributed by atoms with van der Waals surface area (Å²) in [7, 11) is 0.992. The van der Waals surface area contributed by atoms with Gasteiger partial charge in [0.05, 0.1) is 12.7 Å². The van der Waals surface area contributed by atoms with Crippen LogP contribution in [0.2, 0.25) is 0 Å². The lowest BCUT2D eigenvalue weighted by Crippen LogP contribution is -2.31. The third-order valence-corrected chi connectivity index (χ3v) is 2.61. The Balaban J connectivity index is 2.42. The van der Waals surface area contributed by atoms with E-state index in [-0.39, 0.29) is 6.61 Å². The Hall–Kier alpha value is -2.29. The number of methoxy groups -OCH3 is 1. The molecule has 20 heavy (non-hydrogen) atoms. The molecule has 0 saturated carbocycles. The molecule has 1 aliphatic heterocycles. The Morgan fingerprint density at radius 3 is 2.80 bits per heavy atom. The van der Waals surface area contributed by atoms with Crippen molar-refractivity contribution >= 4 is 11.8 Å². The van der Waals surface area contributed by atoms with Crippen molar-refractivity contribution in [1.82, 2.24) is 5.48 Å². The van der Waals surface area contributed by atoms with Crippen molar-refractivity contribution in [2.75, 3.05) is 13.7 Å². The molecule has 6 nitrogen and oxygen atoms in total. The van der Waals surface area contributed by atoms with E-state index in [9.17, 15) is 18.0 Å². The number of aliphatic imine (C=N–C) groups is 1. The summed E-state index contributed by atoms with van der Waals surface area (Å²) in [6.45, 7) is -0.281. The fourth-order valence-electron chi connectivity index (χ4n) is 1.65. The van der Waals surface area contributed by atoms with Crippen LogP contribution in [0, 0.1) is 17.5 Å². The number of benzene rings is 1. The van der Waals surface area contributed by atoms with Gasteiger partial charge < -0.3 is 9.47 Å². The van der Waals surface area contributed by atoms with E-state index in [1.165, 1.54) is 5.48 Å². The van der Waals surface area contributed by atoms with Crippen molar-refractivity contribution in [3.63, 3.8) is 0 Å². The van der Waals surface area contributed by atoms with Crippen LogP contribution in [0.1, 0.15) is 5.56 Å². The number of hydrogen-bond donors (Lipinski definition) is 2. The summed E-state index contributed by atoms with van der Waals surface area (Å²) in [6, 6.07) is -0.474. The molecule has 1 aliphatic rings. The Bertz CT molecular complexity index is 592. The first-order valence-electron chi connectivity index (χ1n) is 5.36. The fourth-order valence-corrected chi connectivity index (χ4v) is 1.65.